The lowest BCUT2D eigenvalue weighted by Gasteiger charge is -2.23. The highest BCUT2D eigenvalue weighted by atomic mass is 35.5. The van der Waals surface area contributed by atoms with Crippen molar-refractivity contribution in [1.29, 1.82) is 0 Å². The molecule has 0 radical (unpaired) electrons. The number of hydrogen-bond donors (Lipinski definition) is 1. The zero-order valence-electron chi connectivity index (χ0n) is 13.6. The van der Waals surface area contributed by atoms with Crippen LogP contribution in [-0.4, -0.2) is 18.4 Å². The molecule has 0 heterocycles. The van der Waals surface area contributed by atoms with Crippen molar-refractivity contribution in [2.24, 2.45) is 0 Å². The summed E-state index contributed by atoms with van der Waals surface area (Å²) in [5, 5.41) is 4.18. The second-order valence-electron chi connectivity index (χ2n) is 5.39. The Balaban J connectivity index is 1.96. The summed E-state index contributed by atoms with van der Waals surface area (Å²) in [5.41, 5.74) is 1.36. The van der Waals surface area contributed by atoms with E-state index in [1.165, 1.54) is 11.8 Å². The molecule has 0 aliphatic rings. The average Bonchev–Trinajstić information content (AvgIpc) is 2.56. The van der Waals surface area contributed by atoms with E-state index in [9.17, 15) is 9.59 Å². The molecule has 2 rings (SSSR count). The van der Waals surface area contributed by atoms with Crippen molar-refractivity contribution < 1.29 is 9.59 Å². The average molecular weight is 400 g/mol. The van der Waals surface area contributed by atoms with E-state index in [1.54, 1.807) is 30.3 Å². The van der Waals surface area contributed by atoms with Crippen LogP contribution in [0.3, 0.4) is 0 Å². The highest BCUT2D eigenvalue weighted by molar-refractivity contribution is 6.39. The third-order valence-corrected chi connectivity index (χ3v) is 4.41. The van der Waals surface area contributed by atoms with Crippen LogP contribution < -0.4 is 10.2 Å². The molecule has 25 heavy (non-hydrogen) atoms. The standard InChI is InChI=1S/C18H17Cl3N2O2/c1-12(24)23(18-15(20)3-2-4-16(18)21)10-9-17(25)22-11-13-5-7-14(19)8-6-13/h2-8H,9-11H2,1H3,(H,22,25). The molecule has 0 aliphatic carbocycles. The lowest BCUT2D eigenvalue weighted by Crippen LogP contribution is -2.34. The molecule has 0 saturated heterocycles. The third kappa shape index (κ3) is 5.63. The summed E-state index contributed by atoms with van der Waals surface area (Å²) in [4.78, 5) is 25.4. The van der Waals surface area contributed by atoms with E-state index in [0.29, 0.717) is 27.3 Å². The molecule has 0 atom stereocenters. The molecule has 132 valence electrons. The van der Waals surface area contributed by atoms with Crippen LogP contribution in [0.5, 0.6) is 0 Å². The molecule has 0 aliphatic heterocycles. The van der Waals surface area contributed by atoms with Crippen LogP contribution in [0.1, 0.15) is 18.9 Å². The zero-order chi connectivity index (χ0) is 18.4. The maximum absolute atomic E-state index is 12.1. The molecule has 2 amide bonds. The van der Waals surface area contributed by atoms with Crippen molar-refractivity contribution in [1.82, 2.24) is 5.32 Å². The number of benzene rings is 2. The Morgan fingerprint density at radius 3 is 2.16 bits per heavy atom. The van der Waals surface area contributed by atoms with E-state index in [0.717, 1.165) is 5.56 Å². The Labute approximate surface area is 161 Å². The smallest absolute Gasteiger partial charge is 0.223 e. The van der Waals surface area contributed by atoms with Crippen molar-refractivity contribution in [2.75, 3.05) is 11.4 Å². The first kappa shape index (κ1) is 19.6. The van der Waals surface area contributed by atoms with Gasteiger partial charge in [-0.1, -0.05) is 53.0 Å². The Bertz CT molecular complexity index is 743. The lowest BCUT2D eigenvalue weighted by atomic mass is 10.2. The lowest BCUT2D eigenvalue weighted by molar-refractivity contribution is -0.121. The SMILES string of the molecule is CC(=O)N(CCC(=O)NCc1ccc(Cl)cc1)c1c(Cl)cccc1Cl. The van der Waals surface area contributed by atoms with E-state index in [2.05, 4.69) is 5.32 Å². The number of anilines is 1. The summed E-state index contributed by atoms with van der Waals surface area (Å²) in [6.07, 6.45) is 0.134. The van der Waals surface area contributed by atoms with Crippen LogP contribution in [0, 0.1) is 0 Å². The highest BCUT2D eigenvalue weighted by Crippen LogP contribution is 2.33. The van der Waals surface area contributed by atoms with Crippen LogP contribution in [0.25, 0.3) is 0 Å². The van der Waals surface area contributed by atoms with Gasteiger partial charge in [0, 0.05) is 31.5 Å². The minimum absolute atomic E-state index is 0.134. The number of para-hydroxylation sites is 1. The monoisotopic (exact) mass is 398 g/mol. The van der Waals surface area contributed by atoms with E-state index >= 15 is 0 Å². The van der Waals surface area contributed by atoms with E-state index in [-0.39, 0.29) is 24.8 Å². The molecular weight excluding hydrogens is 383 g/mol. The minimum atomic E-state index is -0.236. The molecule has 7 heteroatoms. The molecule has 2 aromatic rings. The molecule has 1 N–H and O–H groups in total. The van der Waals surface area contributed by atoms with Crippen LogP contribution in [0.2, 0.25) is 15.1 Å². The maximum Gasteiger partial charge on any atom is 0.223 e. The van der Waals surface area contributed by atoms with Crippen LogP contribution >= 0.6 is 34.8 Å². The number of carbonyl (C=O) groups is 2. The van der Waals surface area contributed by atoms with Crippen LogP contribution in [-0.2, 0) is 16.1 Å². The van der Waals surface area contributed by atoms with E-state index < -0.39 is 0 Å². The number of halogens is 3. The molecule has 0 fully saturated rings. The van der Waals surface area contributed by atoms with Crippen LogP contribution in [0.15, 0.2) is 42.5 Å². The molecule has 0 spiro atoms. The summed E-state index contributed by atoms with van der Waals surface area (Å²) in [6, 6.07) is 12.2. The zero-order valence-corrected chi connectivity index (χ0v) is 15.8. The largest absolute Gasteiger partial charge is 0.352 e. The number of nitrogens with one attached hydrogen (secondary N) is 1. The van der Waals surface area contributed by atoms with Crippen molar-refractivity contribution in [3.8, 4) is 0 Å². The van der Waals surface area contributed by atoms with Gasteiger partial charge in [0.05, 0.1) is 15.7 Å². The molecule has 2 aromatic carbocycles. The van der Waals surface area contributed by atoms with Gasteiger partial charge in [-0.05, 0) is 29.8 Å². The van der Waals surface area contributed by atoms with Gasteiger partial charge in [-0.2, -0.15) is 0 Å². The summed E-state index contributed by atoms with van der Waals surface area (Å²) in [6.45, 7) is 1.99. The fraction of sp³-hybridized carbons (Fsp3) is 0.222. The number of amides is 2. The Hall–Kier alpha value is -1.75. The van der Waals surface area contributed by atoms with Crippen molar-refractivity contribution >= 4 is 52.3 Å². The first-order chi connectivity index (χ1) is 11.9. The van der Waals surface area contributed by atoms with Crippen molar-refractivity contribution in [3.63, 3.8) is 0 Å². The Morgan fingerprint density at radius 1 is 1.00 bits per heavy atom. The van der Waals surface area contributed by atoms with Gasteiger partial charge in [-0.3, -0.25) is 9.59 Å². The Kier molecular flexibility index (Phi) is 7.12. The number of carbonyl (C=O) groups excluding carboxylic acids is 2. The first-order valence-corrected chi connectivity index (χ1v) is 8.75. The van der Waals surface area contributed by atoms with Gasteiger partial charge >= 0.3 is 0 Å². The highest BCUT2D eigenvalue weighted by Gasteiger charge is 2.19. The fourth-order valence-electron chi connectivity index (χ4n) is 2.28. The maximum atomic E-state index is 12.1. The summed E-state index contributed by atoms with van der Waals surface area (Å²) >= 11 is 18.1. The van der Waals surface area contributed by atoms with Crippen molar-refractivity contribution in [2.45, 2.75) is 19.9 Å². The molecule has 4 nitrogen and oxygen atoms in total. The van der Waals surface area contributed by atoms with Gasteiger partial charge in [0.15, 0.2) is 0 Å². The van der Waals surface area contributed by atoms with Gasteiger partial charge < -0.3 is 10.2 Å². The predicted octanol–water partition coefficient (Wildman–Crippen LogP) is 4.71. The van der Waals surface area contributed by atoms with Gasteiger partial charge in [-0.25, -0.2) is 0 Å². The summed E-state index contributed by atoms with van der Waals surface area (Å²) in [5.74, 6) is -0.412. The quantitative estimate of drug-likeness (QED) is 0.765. The summed E-state index contributed by atoms with van der Waals surface area (Å²) < 4.78 is 0. The van der Waals surface area contributed by atoms with Gasteiger partial charge in [-0.15, -0.1) is 0 Å². The van der Waals surface area contributed by atoms with Crippen LogP contribution in [0.4, 0.5) is 5.69 Å². The predicted molar refractivity (Wildman–Crippen MR) is 102 cm³/mol. The summed E-state index contributed by atoms with van der Waals surface area (Å²) in [7, 11) is 0. The minimum Gasteiger partial charge on any atom is -0.352 e. The second kappa shape index (κ2) is 9.09. The topological polar surface area (TPSA) is 49.4 Å². The van der Waals surface area contributed by atoms with Gasteiger partial charge in [0.25, 0.3) is 0 Å². The fourth-order valence-corrected chi connectivity index (χ4v) is 3.01. The van der Waals surface area contributed by atoms with Crippen molar-refractivity contribution in [3.05, 3.63) is 63.1 Å². The first-order valence-electron chi connectivity index (χ1n) is 7.61. The molecular formula is C18H17Cl3N2O2. The van der Waals surface area contributed by atoms with Gasteiger partial charge in [0.2, 0.25) is 11.8 Å². The number of rotatable bonds is 6. The van der Waals surface area contributed by atoms with Gasteiger partial charge in [0.1, 0.15) is 0 Å². The molecule has 0 aromatic heterocycles. The second-order valence-corrected chi connectivity index (χ2v) is 6.64. The number of nitrogens with zero attached hydrogens (tertiary/aromatic N) is 1. The van der Waals surface area contributed by atoms with E-state index in [4.69, 9.17) is 34.8 Å². The molecule has 0 saturated carbocycles. The molecule has 0 bridgehead atoms. The third-order valence-electron chi connectivity index (χ3n) is 3.55. The Morgan fingerprint density at radius 2 is 1.60 bits per heavy atom. The normalized spacial score (nSPS) is 10.4. The van der Waals surface area contributed by atoms with E-state index in [1.807, 2.05) is 12.1 Å². The molecule has 0 unspecified atom stereocenters. The number of hydrogen-bond acceptors (Lipinski definition) is 2.